The van der Waals surface area contributed by atoms with Crippen LogP contribution >= 0.6 is 46.4 Å². The molecule has 0 aliphatic carbocycles. The second-order valence-corrected chi connectivity index (χ2v) is 13.6. The lowest BCUT2D eigenvalue weighted by Gasteiger charge is -2.32. The zero-order valence-corrected chi connectivity index (χ0v) is 26.8. The van der Waals surface area contributed by atoms with Gasteiger partial charge in [0, 0.05) is 33.2 Å². The molecule has 41 heavy (non-hydrogen) atoms. The number of amides is 2. The Balaban J connectivity index is 2.07. The summed E-state index contributed by atoms with van der Waals surface area (Å²) in [5.41, 5.74) is 1.49. The largest absolute Gasteiger partial charge is 0.354 e. The average Bonchev–Trinajstić information content (AvgIpc) is 2.89. The van der Waals surface area contributed by atoms with E-state index in [0.29, 0.717) is 22.2 Å². The molecule has 0 heterocycles. The van der Waals surface area contributed by atoms with Gasteiger partial charge < -0.3 is 10.2 Å². The fourth-order valence-electron chi connectivity index (χ4n) is 3.92. The Hall–Kier alpha value is -2.49. The monoisotopic (exact) mass is 657 g/mol. The topological polar surface area (TPSA) is 86.8 Å². The predicted molar refractivity (Wildman–Crippen MR) is 166 cm³/mol. The standard InChI is InChI=1S/C29H31Cl4N3O4S/c1-18(2)15-34-29(38)20(4)35(16-21-7-8-22(30)14-27(21)33)28(37)17-36(25-12-23(31)11-24(32)13-25)41(39,40)26-9-5-19(3)6-10-26/h5-14,18,20H,15-17H2,1-4H3,(H,34,38)/t20-/m1/s1. The van der Waals surface area contributed by atoms with Crippen LogP contribution in [-0.4, -0.2) is 44.3 Å². The second kappa shape index (κ2) is 14.1. The third-order valence-corrected chi connectivity index (χ3v) is 9.04. The maximum atomic E-state index is 14.0. The maximum Gasteiger partial charge on any atom is 0.264 e. The Morgan fingerprint density at radius 1 is 0.854 bits per heavy atom. The second-order valence-electron chi connectivity index (χ2n) is 10.0. The van der Waals surface area contributed by atoms with Gasteiger partial charge in [-0.2, -0.15) is 0 Å². The molecule has 0 fully saturated rings. The number of halogens is 4. The number of sulfonamides is 1. The van der Waals surface area contributed by atoms with Crippen LogP contribution in [0.3, 0.4) is 0 Å². The van der Waals surface area contributed by atoms with Crippen LogP contribution in [-0.2, 0) is 26.2 Å². The number of nitrogens with one attached hydrogen (secondary N) is 1. The van der Waals surface area contributed by atoms with Crippen molar-refractivity contribution in [2.75, 3.05) is 17.4 Å². The summed E-state index contributed by atoms with van der Waals surface area (Å²) in [7, 11) is -4.26. The van der Waals surface area contributed by atoms with Crippen molar-refractivity contribution in [3.05, 3.63) is 91.9 Å². The first kappa shape index (κ1) is 33.0. The molecule has 0 saturated heterocycles. The van der Waals surface area contributed by atoms with Crippen molar-refractivity contribution in [1.82, 2.24) is 10.2 Å². The summed E-state index contributed by atoms with van der Waals surface area (Å²) in [6.07, 6.45) is 0. The fourth-order valence-corrected chi connectivity index (χ4v) is 6.30. The summed E-state index contributed by atoms with van der Waals surface area (Å²) < 4.78 is 28.8. The van der Waals surface area contributed by atoms with E-state index in [1.165, 1.54) is 41.3 Å². The third kappa shape index (κ3) is 8.75. The molecule has 0 aliphatic rings. The molecule has 0 unspecified atom stereocenters. The van der Waals surface area contributed by atoms with Crippen molar-refractivity contribution in [2.24, 2.45) is 5.92 Å². The maximum absolute atomic E-state index is 14.0. The minimum Gasteiger partial charge on any atom is -0.354 e. The fraction of sp³-hybridized carbons (Fsp3) is 0.310. The Morgan fingerprint density at radius 2 is 1.46 bits per heavy atom. The van der Waals surface area contributed by atoms with E-state index < -0.39 is 34.4 Å². The van der Waals surface area contributed by atoms with Crippen molar-refractivity contribution >= 4 is 73.9 Å². The molecular weight excluding hydrogens is 628 g/mol. The molecule has 7 nitrogen and oxygen atoms in total. The van der Waals surface area contributed by atoms with Gasteiger partial charge in [0.25, 0.3) is 10.0 Å². The Morgan fingerprint density at radius 3 is 2.02 bits per heavy atom. The van der Waals surface area contributed by atoms with Crippen LogP contribution in [0.5, 0.6) is 0 Å². The Labute approximate surface area is 261 Å². The molecule has 3 aromatic rings. The van der Waals surface area contributed by atoms with Crippen LogP contribution in [0.4, 0.5) is 5.69 Å². The molecule has 220 valence electrons. The quantitative estimate of drug-likeness (QED) is 0.241. The SMILES string of the molecule is Cc1ccc(S(=O)(=O)N(CC(=O)N(Cc2ccc(Cl)cc2Cl)[C@H](C)C(=O)NCC(C)C)c2cc(Cl)cc(Cl)c2)cc1. The summed E-state index contributed by atoms with van der Waals surface area (Å²) >= 11 is 24.9. The van der Waals surface area contributed by atoms with Gasteiger partial charge >= 0.3 is 0 Å². The first-order valence-electron chi connectivity index (χ1n) is 12.8. The van der Waals surface area contributed by atoms with Crippen molar-refractivity contribution < 1.29 is 18.0 Å². The minimum absolute atomic E-state index is 0.0259. The van der Waals surface area contributed by atoms with Gasteiger partial charge in [-0.15, -0.1) is 0 Å². The zero-order valence-electron chi connectivity index (χ0n) is 23.0. The van der Waals surface area contributed by atoms with Crippen molar-refractivity contribution in [2.45, 2.75) is 45.2 Å². The molecule has 0 aromatic heterocycles. The van der Waals surface area contributed by atoms with E-state index in [0.717, 1.165) is 9.87 Å². The van der Waals surface area contributed by atoms with Crippen LogP contribution in [0.25, 0.3) is 0 Å². The number of hydrogen-bond acceptors (Lipinski definition) is 4. The summed E-state index contributed by atoms with van der Waals surface area (Å²) in [6, 6.07) is 14.4. The number of nitrogens with zero attached hydrogens (tertiary/aromatic N) is 2. The van der Waals surface area contributed by atoms with Crippen LogP contribution in [0, 0.1) is 12.8 Å². The van der Waals surface area contributed by atoms with E-state index in [1.807, 2.05) is 20.8 Å². The number of hydrogen-bond donors (Lipinski definition) is 1. The molecule has 0 bridgehead atoms. The number of benzene rings is 3. The normalized spacial score (nSPS) is 12.2. The lowest BCUT2D eigenvalue weighted by Crippen LogP contribution is -2.51. The summed E-state index contributed by atoms with van der Waals surface area (Å²) in [5, 5.41) is 3.93. The van der Waals surface area contributed by atoms with Gasteiger partial charge in [-0.05, 0) is 67.8 Å². The van der Waals surface area contributed by atoms with E-state index in [-0.39, 0.29) is 33.1 Å². The van der Waals surface area contributed by atoms with Crippen molar-refractivity contribution in [3.8, 4) is 0 Å². The van der Waals surface area contributed by atoms with Crippen molar-refractivity contribution in [1.29, 1.82) is 0 Å². The zero-order chi connectivity index (χ0) is 30.5. The van der Waals surface area contributed by atoms with Gasteiger partial charge in [-0.1, -0.05) is 84.0 Å². The van der Waals surface area contributed by atoms with Crippen LogP contribution in [0.15, 0.2) is 65.6 Å². The average molecular weight is 659 g/mol. The molecule has 0 saturated carbocycles. The minimum atomic E-state index is -4.26. The first-order chi connectivity index (χ1) is 19.2. The highest BCUT2D eigenvalue weighted by Gasteiger charge is 2.33. The smallest absolute Gasteiger partial charge is 0.264 e. The number of carbonyl (C=O) groups excluding carboxylic acids is 2. The number of carbonyl (C=O) groups is 2. The van der Waals surface area contributed by atoms with Gasteiger partial charge in [0.05, 0.1) is 10.6 Å². The lowest BCUT2D eigenvalue weighted by molar-refractivity contribution is -0.139. The number of anilines is 1. The van der Waals surface area contributed by atoms with Crippen LogP contribution in [0.2, 0.25) is 20.1 Å². The predicted octanol–water partition coefficient (Wildman–Crippen LogP) is 6.99. The van der Waals surface area contributed by atoms with Crippen LogP contribution < -0.4 is 9.62 Å². The molecule has 3 aromatic carbocycles. The highest BCUT2D eigenvalue weighted by atomic mass is 35.5. The Kier molecular flexibility index (Phi) is 11.4. The number of aryl methyl sites for hydroxylation is 1. The highest BCUT2D eigenvalue weighted by Crippen LogP contribution is 2.31. The molecule has 2 amide bonds. The third-order valence-electron chi connectivity index (χ3n) is 6.23. The number of rotatable bonds is 11. The lowest BCUT2D eigenvalue weighted by atomic mass is 10.1. The van der Waals surface area contributed by atoms with Gasteiger partial charge in [-0.3, -0.25) is 13.9 Å². The van der Waals surface area contributed by atoms with Gasteiger partial charge in [0.2, 0.25) is 11.8 Å². The molecule has 1 atom stereocenters. The molecular formula is C29H31Cl4N3O4S. The van der Waals surface area contributed by atoms with Crippen molar-refractivity contribution in [3.63, 3.8) is 0 Å². The van der Waals surface area contributed by atoms with Gasteiger partial charge in [-0.25, -0.2) is 8.42 Å². The molecule has 0 spiro atoms. The molecule has 0 radical (unpaired) electrons. The summed E-state index contributed by atoms with van der Waals surface area (Å²) in [5.74, 6) is -0.852. The summed E-state index contributed by atoms with van der Waals surface area (Å²) in [4.78, 5) is 28.4. The summed E-state index contributed by atoms with van der Waals surface area (Å²) in [6.45, 7) is 7.00. The first-order valence-corrected chi connectivity index (χ1v) is 15.7. The van der Waals surface area contributed by atoms with Crippen LogP contribution in [0.1, 0.15) is 31.9 Å². The van der Waals surface area contributed by atoms with E-state index in [2.05, 4.69) is 5.32 Å². The highest BCUT2D eigenvalue weighted by molar-refractivity contribution is 7.92. The molecule has 1 N–H and O–H groups in total. The van der Waals surface area contributed by atoms with E-state index in [4.69, 9.17) is 46.4 Å². The van der Waals surface area contributed by atoms with Gasteiger partial charge in [0.1, 0.15) is 12.6 Å². The molecule has 0 aliphatic heterocycles. The van der Waals surface area contributed by atoms with E-state index in [9.17, 15) is 18.0 Å². The molecule has 12 heteroatoms. The van der Waals surface area contributed by atoms with Gasteiger partial charge in [0.15, 0.2) is 0 Å². The van der Waals surface area contributed by atoms with E-state index >= 15 is 0 Å². The Bertz CT molecular complexity index is 1490. The molecule has 3 rings (SSSR count). The van der Waals surface area contributed by atoms with E-state index in [1.54, 1.807) is 31.2 Å².